The van der Waals surface area contributed by atoms with Crippen LogP contribution in [-0.2, 0) is 9.53 Å². The van der Waals surface area contributed by atoms with E-state index in [0.29, 0.717) is 29.7 Å². The molecule has 1 aromatic rings. The molecule has 1 aliphatic rings. The number of ether oxygens (including phenoxy) is 1. The summed E-state index contributed by atoms with van der Waals surface area (Å²) in [6, 6.07) is 5.26. The molecule has 2 amide bonds. The van der Waals surface area contributed by atoms with Crippen molar-refractivity contribution in [1.29, 1.82) is 0 Å². The summed E-state index contributed by atoms with van der Waals surface area (Å²) in [5, 5.41) is 4.17. The summed E-state index contributed by atoms with van der Waals surface area (Å²) in [6.07, 6.45) is 1.17. The van der Waals surface area contributed by atoms with E-state index in [9.17, 15) is 9.59 Å². The minimum absolute atomic E-state index is 0.0503. The first-order chi connectivity index (χ1) is 11.5. The first kappa shape index (κ1) is 19.2. The van der Waals surface area contributed by atoms with Crippen LogP contribution in [0.3, 0.4) is 0 Å². The number of halogens is 2. The van der Waals surface area contributed by atoms with Gasteiger partial charge in [-0.2, -0.15) is 0 Å². The van der Waals surface area contributed by atoms with Crippen molar-refractivity contribution in [1.82, 2.24) is 10.2 Å². The second kappa shape index (κ2) is 9.39. The van der Waals surface area contributed by atoms with E-state index in [0.717, 1.165) is 17.7 Å². The van der Waals surface area contributed by atoms with Crippen LogP contribution in [0.5, 0.6) is 0 Å². The lowest BCUT2D eigenvalue weighted by Gasteiger charge is -2.31. The Hall–Kier alpha value is -1.11. The summed E-state index contributed by atoms with van der Waals surface area (Å²) in [4.78, 5) is 26.2. The molecule has 24 heavy (non-hydrogen) atoms. The van der Waals surface area contributed by atoms with Gasteiger partial charge in [-0.15, -0.1) is 11.8 Å². The zero-order valence-corrected chi connectivity index (χ0v) is 15.7. The number of nitrogens with zero attached hydrogens (tertiary/aromatic N) is 1. The number of carbonyl (C=O) groups is 2. The van der Waals surface area contributed by atoms with Gasteiger partial charge >= 0.3 is 6.09 Å². The molecule has 5 nitrogen and oxygen atoms in total. The molecular formula is C16H20Cl2N2O3S. The molecule has 1 fully saturated rings. The maximum atomic E-state index is 12.1. The van der Waals surface area contributed by atoms with E-state index in [2.05, 4.69) is 5.32 Å². The molecule has 0 aromatic heterocycles. The Bertz CT molecular complexity index is 593. The highest BCUT2D eigenvalue weighted by Crippen LogP contribution is 2.29. The molecule has 0 radical (unpaired) electrons. The van der Waals surface area contributed by atoms with Crippen LogP contribution in [0.4, 0.5) is 4.79 Å². The average molecular weight is 391 g/mol. The maximum Gasteiger partial charge on any atom is 0.409 e. The predicted molar refractivity (Wildman–Crippen MR) is 96.9 cm³/mol. The summed E-state index contributed by atoms with van der Waals surface area (Å²) in [7, 11) is 0. The number of thioether (sulfide) groups is 1. The zero-order chi connectivity index (χ0) is 17.5. The Morgan fingerprint density at radius 2 is 2.04 bits per heavy atom. The molecule has 0 saturated carbocycles. The van der Waals surface area contributed by atoms with Crippen LogP contribution in [0.2, 0.25) is 10.0 Å². The Kier molecular flexibility index (Phi) is 7.52. The van der Waals surface area contributed by atoms with Gasteiger partial charge in [-0.1, -0.05) is 23.2 Å². The fraction of sp³-hybridized carbons (Fsp3) is 0.500. The Morgan fingerprint density at radius 1 is 1.33 bits per heavy atom. The molecule has 0 unspecified atom stereocenters. The Balaban J connectivity index is 1.74. The molecule has 8 heteroatoms. The topological polar surface area (TPSA) is 58.6 Å². The van der Waals surface area contributed by atoms with E-state index in [1.54, 1.807) is 30.0 Å². The average Bonchev–Trinajstić information content (AvgIpc) is 2.56. The molecule has 0 atom stereocenters. The SMILES string of the molecule is CCOC(=O)N1CCC(NC(=O)CSc2cc(Cl)ccc2Cl)CC1. The molecule has 0 spiro atoms. The summed E-state index contributed by atoms with van der Waals surface area (Å²) >= 11 is 13.4. The van der Waals surface area contributed by atoms with Crippen LogP contribution in [0.1, 0.15) is 19.8 Å². The van der Waals surface area contributed by atoms with E-state index in [-0.39, 0.29) is 23.8 Å². The van der Waals surface area contributed by atoms with Gasteiger partial charge in [0.15, 0.2) is 0 Å². The molecule has 1 aromatic carbocycles. The second-order valence-corrected chi connectivity index (χ2v) is 7.25. The summed E-state index contributed by atoms with van der Waals surface area (Å²) in [5.74, 6) is 0.226. The fourth-order valence-corrected chi connectivity index (χ4v) is 3.73. The first-order valence-electron chi connectivity index (χ1n) is 7.78. The van der Waals surface area contributed by atoms with Crippen molar-refractivity contribution in [2.24, 2.45) is 0 Å². The van der Waals surface area contributed by atoms with Crippen molar-refractivity contribution in [3.63, 3.8) is 0 Å². The number of hydrogen-bond donors (Lipinski definition) is 1. The van der Waals surface area contributed by atoms with Crippen molar-refractivity contribution in [2.75, 3.05) is 25.4 Å². The van der Waals surface area contributed by atoms with Gasteiger partial charge in [0, 0.05) is 29.0 Å². The highest BCUT2D eigenvalue weighted by molar-refractivity contribution is 8.00. The van der Waals surface area contributed by atoms with E-state index in [1.165, 1.54) is 11.8 Å². The third kappa shape index (κ3) is 5.76. The summed E-state index contributed by atoms with van der Waals surface area (Å²) < 4.78 is 4.98. The van der Waals surface area contributed by atoms with Crippen molar-refractivity contribution in [3.05, 3.63) is 28.2 Å². The number of hydrogen-bond acceptors (Lipinski definition) is 4. The van der Waals surface area contributed by atoms with Gasteiger partial charge in [-0.25, -0.2) is 4.79 Å². The van der Waals surface area contributed by atoms with Gasteiger partial charge in [0.2, 0.25) is 5.91 Å². The van der Waals surface area contributed by atoms with Gasteiger partial charge in [-0.05, 0) is 38.0 Å². The van der Waals surface area contributed by atoms with Crippen LogP contribution in [0.25, 0.3) is 0 Å². The highest BCUT2D eigenvalue weighted by Gasteiger charge is 2.24. The molecule has 0 bridgehead atoms. The number of piperidine rings is 1. The zero-order valence-electron chi connectivity index (χ0n) is 13.4. The van der Waals surface area contributed by atoms with Crippen LogP contribution in [0, 0.1) is 0 Å². The molecule has 1 saturated heterocycles. The Morgan fingerprint density at radius 3 is 2.71 bits per heavy atom. The van der Waals surface area contributed by atoms with Gasteiger partial charge in [0.1, 0.15) is 0 Å². The second-order valence-electron chi connectivity index (χ2n) is 5.39. The summed E-state index contributed by atoms with van der Waals surface area (Å²) in [5.41, 5.74) is 0. The molecule has 1 N–H and O–H groups in total. The number of likely N-dealkylation sites (tertiary alicyclic amines) is 1. The molecule has 0 aliphatic carbocycles. The third-order valence-electron chi connectivity index (χ3n) is 3.64. The van der Waals surface area contributed by atoms with Gasteiger partial charge < -0.3 is 15.0 Å². The van der Waals surface area contributed by atoms with Crippen molar-refractivity contribution in [2.45, 2.75) is 30.7 Å². The van der Waals surface area contributed by atoms with Crippen molar-refractivity contribution >= 4 is 47.0 Å². The quantitative estimate of drug-likeness (QED) is 0.776. The summed E-state index contributed by atoms with van der Waals surface area (Å²) in [6.45, 7) is 3.35. The number of nitrogens with one attached hydrogen (secondary N) is 1. The minimum atomic E-state index is -0.284. The molecular weight excluding hydrogens is 371 g/mol. The van der Waals surface area contributed by atoms with Gasteiger partial charge in [-0.3, -0.25) is 4.79 Å². The smallest absolute Gasteiger partial charge is 0.409 e. The van der Waals surface area contributed by atoms with Gasteiger partial charge in [0.25, 0.3) is 0 Å². The van der Waals surface area contributed by atoms with E-state index in [4.69, 9.17) is 27.9 Å². The lowest BCUT2D eigenvalue weighted by molar-refractivity contribution is -0.119. The van der Waals surface area contributed by atoms with Crippen LogP contribution >= 0.6 is 35.0 Å². The molecule has 132 valence electrons. The van der Waals surface area contributed by atoms with Crippen molar-refractivity contribution in [3.8, 4) is 0 Å². The lowest BCUT2D eigenvalue weighted by atomic mass is 10.1. The van der Waals surface area contributed by atoms with Gasteiger partial charge in [0.05, 0.1) is 17.4 Å². The monoisotopic (exact) mass is 390 g/mol. The maximum absolute atomic E-state index is 12.1. The lowest BCUT2D eigenvalue weighted by Crippen LogP contribution is -2.47. The van der Waals surface area contributed by atoms with Crippen LogP contribution in [0.15, 0.2) is 23.1 Å². The van der Waals surface area contributed by atoms with E-state index >= 15 is 0 Å². The molecule has 1 aliphatic heterocycles. The van der Waals surface area contributed by atoms with Crippen LogP contribution < -0.4 is 5.32 Å². The molecule has 1 heterocycles. The predicted octanol–water partition coefficient (Wildman–Crippen LogP) is 3.82. The Labute approximate surface area is 156 Å². The minimum Gasteiger partial charge on any atom is -0.450 e. The first-order valence-corrected chi connectivity index (χ1v) is 9.52. The van der Waals surface area contributed by atoms with E-state index < -0.39 is 0 Å². The number of benzene rings is 1. The number of amides is 2. The largest absolute Gasteiger partial charge is 0.450 e. The fourth-order valence-electron chi connectivity index (χ4n) is 2.42. The molecule has 2 rings (SSSR count). The number of carbonyl (C=O) groups excluding carboxylic acids is 2. The van der Waals surface area contributed by atoms with Crippen LogP contribution in [-0.4, -0.2) is 48.4 Å². The van der Waals surface area contributed by atoms with Crippen molar-refractivity contribution < 1.29 is 14.3 Å². The third-order valence-corrected chi connectivity index (χ3v) is 5.37. The standard InChI is InChI=1S/C16H20Cl2N2O3S/c1-2-23-16(22)20-7-5-12(6-8-20)19-15(21)10-24-14-9-11(17)3-4-13(14)18/h3-4,9,12H,2,5-8,10H2,1H3,(H,19,21). The number of rotatable bonds is 5. The highest BCUT2D eigenvalue weighted by atomic mass is 35.5. The van der Waals surface area contributed by atoms with E-state index in [1.807, 2.05) is 0 Å². The normalized spacial score (nSPS) is 15.2.